The van der Waals surface area contributed by atoms with Crippen molar-refractivity contribution in [2.75, 3.05) is 32.8 Å². The maximum Gasteiger partial charge on any atom is 0.258 e. The fourth-order valence-corrected chi connectivity index (χ4v) is 4.55. The number of ether oxygens (including phenoxy) is 1. The number of benzene rings is 3. The summed E-state index contributed by atoms with van der Waals surface area (Å²) in [5, 5.41) is 2.00. The fourth-order valence-electron chi connectivity index (χ4n) is 4.55. The molecule has 0 bridgehead atoms. The highest BCUT2D eigenvalue weighted by Gasteiger charge is 2.26. The zero-order valence-corrected chi connectivity index (χ0v) is 18.6. The number of carbonyl (C=O) groups excluding carboxylic acids is 1. The van der Waals surface area contributed by atoms with Crippen molar-refractivity contribution in [3.05, 3.63) is 72.1 Å². The molecule has 0 unspecified atom stereocenters. The third kappa shape index (κ3) is 3.71. The molecule has 32 heavy (non-hydrogen) atoms. The number of carbonyl (C=O) groups is 1. The van der Waals surface area contributed by atoms with Crippen LogP contribution in [-0.4, -0.2) is 58.0 Å². The lowest BCUT2D eigenvalue weighted by atomic mass is 10.0. The van der Waals surface area contributed by atoms with Crippen LogP contribution in [0, 0.1) is 0 Å². The number of imidazole rings is 1. The smallest absolute Gasteiger partial charge is 0.258 e. The van der Waals surface area contributed by atoms with Crippen molar-refractivity contribution in [2.45, 2.75) is 13.5 Å². The SMILES string of the molecule is CCOc1ccc2ccccc2c1C(=O)N1CCN(Cc2nc3ccccc3n2C)CC1. The largest absolute Gasteiger partial charge is 0.493 e. The van der Waals surface area contributed by atoms with E-state index in [9.17, 15) is 4.79 Å². The summed E-state index contributed by atoms with van der Waals surface area (Å²) >= 11 is 0. The van der Waals surface area contributed by atoms with Crippen LogP contribution in [0.25, 0.3) is 21.8 Å². The molecule has 0 spiro atoms. The minimum absolute atomic E-state index is 0.0487. The molecular weight excluding hydrogens is 400 g/mol. The van der Waals surface area contributed by atoms with Crippen molar-refractivity contribution in [1.82, 2.24) is 19.4 Å². The van der Waals surface area contributed by atoms with Crippen LogP contribution in [0.3, 0.4) is 0 Å². The Kier molecular flexibility index (Phi) is 5.53. The molecule has 1 saturated heterocycles. The van der Waals surface area contributed by atoms with E-state index in [1.165, 1.54) is 0 Å². The first-order chi connectivity index (χ1) is 15.7. The second-order valence-corrected chi connectivity index (χ2v) is 8.24. The molecule has 5 rings (SSSR count). The predicted molar refractivity (Wildman–Crippen MR) is 127 cm³/mol. The van der Waals surface area contributed by atoms with Gasteiger partial charge in [0.25, 0.3) is 5.91 Å². The van der Waals surface area contributed by atoms with Gasteiger partial charge in [-0.3, -0.25) is 9.69 Å². The van der Waals surface area contributed by atoms with Crippen molar-refractivity contribution >= 4 is 27.7 Å². The van der Waals surface area contributed by atoms with Crippen molar-refractivity contribution in [3.63, 3.8) is 0 Å². The Bertz CT molecular complexity index is 1270. The van der Waals surface area contributed by atoms with Crippen LogP contribution in [0.2, 0.25) is 0 Å². The van der Waals surface area contributed by atoms with Crippen LogP contribution in [0.4, 0.5) is 0 Å². The van der Waals surface area contributed by atoms with Gasteiger partial charge in [0, 0.05) is 33.2 Å². The Morgan fingerprint density at radius 2 is 1.72 bits per heavy atom. The van der Waals surface area contributed by atoms with Crippen molar-refractivity contribution in [2.24, 2.45) is 7.05 Å². The molecule has 4 aromatic rings. The van der Waals surface area contributed by atoms with Gasteiger partial charge < -0.3 is 14.2 Å². The highest BCUT2D eigenvalue weighted by atomic mass is 16.5. The number of nitrogens with zero attached hydrogens (tertiary/aromatic N) is 4. The molecule has 6 heteroatoms. The molecule has 3 aromatic carbocycles. The first-order valence-electron chi connectivity index (χ1n) is 11.2. The number of fused-ring (bicyclic) bond motifs is 2. The molecule has 2 heterocycles. The van der Waals surface area contributed by atoms with E-state index in [0.29, 0.717) is 31.0 Å². The zero-order valence-electron chi connectivity index (χ0n) is 18.6. The quantitative estimate of drug-likeness (QED) is 0.481. The Hall–Kier alpha value is -3.38. The predicted octanol–water partition coefficient (Wildman–Crippen LogP) is 4.08. The Morgan fingerprint density at radius 3 is 2.50 bits per heavy atom. The van der Waals surface area contributed by atoms with E-state index >= 15 is 0 Å². The summed E-state index contributed by atoms with van der Waals surface area (Å²) in [5.74, 6) is 1.77. The van der Waals surface area contributed by atoms with Crippen molar-refractivity contribution < 1.29 is 9.53 Å². The minimum Gasteiger partial charge on any atom is -0.493 e. The Morgan fingerprint density at radius 1 is 0.969 bits per heavy atom. The minimum atomic E-state index is 0.0487. The molecule has 0 aliphatic carbocycles. The van der Waals surface area contributed by atoms with Gasteiger partial charge >= 0.3 is 0 Å². The molecular formula is C26H28N4O2. The van der Waals surface area contributed by atoms with Gasteiger partial charge in [0.15, 0.2) is 0 Å². The third-order valence-corrected chi connectivity index (χ3v) is 6.31. The van der Waals surface area contributed by atoms with E-state index in [1.54, 1.807) is 0 Å². The molecule has 1 fully saturated rings. The number of aryl methyl sites for hydroxylation is 1. The second-order valence-electron chi connectivity index (χ2n) is 8.24. The summed E-state index contributed by atoms with van der Waals surface area (Å²) in [7, 11) is 2.07. The van der Waals surface area contributed by atoms with Gasteiger partial charge in [-0.25, -0.2) is 4.98 Å². The number of hydrogen-bond donors (Lipinski definition) is 0. The van der Waals surface area contributed by atoms with Gasteiger partial charge in [-0.15, -0.1) is 0 Å². The molecule has 1 aliphatic heterocycles. The summed E-state index contributed by atoms with van der Waals surface area (Å²) in [4.78, 5) is 22.7. The first kappa shape index (κ1) is 20.5. The lowest BCUT2D eigenvalue weighted by molar-refractivity contribution is 0.0623. The van der Waals surface area contributed by atoms with E-state index in [2.05, 4.69) is 28.6 Å². The molecule has 1 aliphatic rings. The molecule has 6 nitrogen and oxygen atoms in total. The Balaban J connectivity index is 1.33. The Labute approximate surface area is 188 Å². The summed E-state index contributed by atoms with van der Waals surface area (Å²) in [6.07, 6.45) is 0. The number of piperazine rings is 1. The van der Waals surface area contributed by atoms with Gasteiger partial charge in [-0.05, 0) is 35.9 Å². The summed E-state index contributed by atoms with van der Waals surface area (Å²) < 4.78 is 7.99. The van der Waals surface area contributed by atoms with Crippen LogP contribution in [0.5, 0.6) is 5.75 Å². The van der Waals surface area contributed by atoms with E-state index in [1.807, 2.05) is 60.4 Å². The van der Waals surface area contributed by atoms with Crippen molar-refractivity contribution in [3.8, 4) is 5.75 Å². The normalized spacial score (nSPS) is 14.9. The highest BCUT2D eigenvalue weighted by Crippen LogP contribution is 2.30. The van der Waals surface area contributed by atoms with Gasteiger partial charge in [0.05, 0.1) is 29.7 Å². The van der Waals surface area contributed by atoms with Crippen LogP contribution in [0.15, 0.2) is 60.7 Å². The second kappa shape index (κ2) is 8.63. The molecule has 0 N–H and O–H groups in total. The van der Waals surface area contributed by atoms with Gasteiger partial charge in [-0.2, -0.15) is 0 Å². The maximum atomic E-state index is 13.6. The average Bonchev–Trinajstić information content (AvgIpc) is 3.14. The monoisotopic (exact) mass is 428 g/mol. The molecule has 1 amide bonds. The van der Waals surface area contributed by atoms with E-state index in [-0.39, 0.29) is 5.91 Å². The van der Waals surface area contributed by atoms with Gasteiger partial charge in [0.2, 0.25) is 0 Å². The standard InChI is InChI=1S/C26H28N4O2/c1-3-32-23-13-12-19-8-4-5-9-20(19)25(23)26(31)30-16-14-29(15-17-30)18-24-27-21-10-6-7-11-22(21)28(24)2/h4-13H,3,14-18H2,1-2H3. The molecule has 1 aromatic heterocycles. The number of hydrogen-bond acceptors (Lipinski definition) is 4. The van der Waals surface area contributed by atoms with Crippen LogP contribution >= 0.6 is 0 Å². The molecule has 0 saturated carbocycles. The number of rotatable bonds is 5. The summed E-state index contributed by atoms with van der Waals surface area (Å²) in [6.45, 7) is 6.29. The number of para-hydroxylation sites is 2. The fraction of sp³-hybridized carbons (Fsp3) is 0.308. The van der Waals surface area contributed by atoms with Crippen LogP contribution in [-0.2, 0) is 13.6 Å². The lowest BCUT2D eigenvalue weighted by Crippen LogP contribution is -2.48. The molecule has 0 atom stereocenters. The van der Waals surface area contributed by atoms with Crippen molar-refractivity contribution in [1.29, 1.82) is 0 Å². The summed E-state index contributed by atoms with van der Waals surface area (Å²) in [5.41, 5.74) is 2.85. The van der Waals surface area contributed by atoms with E-state index < -0.39 is 0 Å². The van der Waals surface area contributed by atoms with Crippen LogP contribution in [0.1, 0.15) is 23.1 Å². The average molecular weight is 429 g/mol. The number of amides is 1. The molecule has 164 valence electrons. The van der Waals surface area contributed by atoms with Gasteiger partial charge in [0.1, 0.15) is 11.6 Å². The van der Waals surface area contributed by atoms with Gasteiger partial charge in [-0.1, -0.05) is 42.5 Å². The number of aromatic nitrogens is 2. The van der Waals surface area contributed by atoms with E-state index in [0.717, 1.165) is 47.3 Å². The highest BCUT2D eigenvalue weighted by molar-refractivity contribution is 6.09. The lowest BCUT2D eigenvalue weighted by Gasteiger charge is -2.35. The topological polar surface area (TPSA) is 50.6 Å². The maximum absolute atomic E-state index is 13.6. The first-order valence-corrected chi connectivity index (χ1v) is 11.2. The van der Waals surface area contributed by atoms with Crippen LogP contribution < -0.4 is 4.74 Å². The van der Waals surface area contributed by atoms with E-state index in [4.69, 9.17) is 9.72 Å². The zero-order chi connectivity index (χ0) is 22.1. The third-order valence-electron chi connectivity index (χ3n) is 6.31. The molecule has 0 radical (unpaired) electrons. The summed E-state index contributed by atoms with van der Waals surface area (Å²) in [6, 6.07) is 20.2.